The van der Waals surface area contributed by atoms with Crippen molar-refractivity contribution in [2.75, 3.05) is 13.2 Å². The van der Waals surface area contributed by atoms with Gasteiger partial charge in [0.2, 0.25) is 0 Å². The predicted octanol–water partition coefficient (Wildman–Crippen LogP) is 18.8. The molecule has 394 valence electrons. The van der Waals surface area contributed by atoms with Crippen LogP contribution in [0.5, 0.6) is 28.7 Å². The molecule has 75 heavy (non-hydrogen) atoms. The van der Waals surface area contributed by atoms with Gasteiger partial charge in [-0.3, -0.25) is 0 Å². The molecule has 6 aromatic rings. The molecule has 0 radical (unpaired) electrons. The minimum atomic E-state index is -0.598. The van der Waals surface area contributed by atoms with Crippen molar-refractivity contribution in [3.05, 3.63) is 162 Å². The van der Waals surface area contributed by atoms with Gasteiger partial charge in [-0.05, 0) is 146 Å². The molecule has 0 aliphatic heterocycles. The fourth-order valence-electron chi connectivity index (χ4n) is 8.10. The summed E-state index contributed by atoms with van der Waals surface area (Å²) in [6.45, 7) is 5.86. The maximum atomic E-state index is 13.0. The number of carbonyl (C=O) groups excluding carboxylic acids is 3. The van der Waals surface area contributed by atoms with Gasteiger partial charge in [-0.2, -0.15) is 20.5 Å². The number of benzene rings is 6. The highest BCUT2D eigenvalue weighted by atomic mass is 16.5. The van der Waals surface area contributed by atoms with Gasteiger partial charge in [0.05, 0.1) is 52.7 Å². The second-order valence-electron chi connectivity index (χ2n) is 18.7. The largest absolute Gasteiger partial charge is 0.494 e. The van der Waals surface area contributed by atoms with Crippen LogP contribution in [-0.4, -0.2) is 31.1 Å². The summed E-state index contributed by atoms with van der Waals surface area (Å²) in [5, 5.41) is 17.2. The van der Waals surface area contributed by atoms with Crippen molar-refractivity contribution >= 4 is 40.7 Å². The van der Waals surface area contributed by atoms with E-state index in [4.69, 9.17) is 23.7 Å². The summed E-state index contributed by atoms with van der Waals surface area (Å²) in [5.41, 5.74) is 3.27. The van der Waals surface area contributed by atoms with E-state index in [0.29, 0.717) is 58.6 Å². The number of hydrogen-bond acceptors (Lipinski definition) is 12. The molecule has 0 amide bonds. The van der Waals surface area contributed by atoms with Crippen molar-refractivity contribution in [2.24, 2.45) is 20.5 Å². The molecule has 6 aromatic carbocycles. The summed E-state index contributed by atoms with van der Waals surface area (Å²) in [6, 6.07) is 40.5. The third-order valence-corrected chi connectivity index (χ3v) is 12.5. The molecule has 6 rings (SSSR count). The highest BCUT2D eigenvalue weighted by Gasteiger charge is 2.14. The van der Waals surface area contributed by atoms with Crippen LogP contribution < -0.4 is 23.7 Å². The first-order chi connectivity index (χ1) is 36.8. The molecule has 12 heteroatoms. The lowest BCUT2D eigenvalue weighted by Crippen LogP contribution is -2.10. The Morgan fingerprint density at radius 3 is 1.00 bits per heavy atom. The second-order valence-corrected chi connectivity index (χ2v) is 18.7. The van der Waals surface area contributed by atoms with Crippen molar-refractivity contribution in [1.29, 1.82) is 0 Å². The van der Waals surface area contributed by atoms with Gasteiger partial charge < -0.3 is 23.7 Å². The summed E-state index contributed by atoms with van der Waals surface area (Å²) in [5.74, 6) is 0.781. The first kappa shape index (κ1) is 56.8. The molecule has 0 bridgehead atoms. The molecular formula is C63H74N4O8. The topological polar surface area (TPSA) is 147 Å². The van der Waals surface area contributed by atoms with E-state index in [2.05, 4.69) is 34.3 Å². The molecule has 0 heterocycles. The summed E-state index contributed by atoms with van der Waals surface area (Å²) < 4.78 is 28.5. The summed E-state index contributed by atoms with van der Waals surface area (Å²) in [4.78, 5) is 38.8. The molecule has 0 aliphatic rings. The number of carbonyl (C=O) groups is 3. The van der Waals surface area contributed by atoms with Crippen molar-refractivity contribution < 1.29 is 38.1 Å². The first-order valence-corrected chi connectivity index (χ1v) is 27.2. The van der Waals surface area contributed by atoms with Crippen LogP contribution >= 0.6 is 0 Å². The molecular weight excluding hydrogens is 941 g/mol. The smallest absolute Gasteiger partial charge is 0.343 e. The number of hydrogen-bond donors (Lipinski definition) is 0. The van der Waals surface area contributed by atoms with Crippen LogP contribution in [0.3, 0.4) is 0 Å². The fraction of sp³-hybridized carbons (Fsp3) is 0.381. The van der Waals surface area contributed by atoms with Gasteiger partial charge in [0.1, 0.15) is 28.7 Å². The van der Waals surface area contributed by atoms with E-state index in [0.717, 1.165) is 25.0 Å². The fourth-order valence-corrected chi connectivity index (χ4v) is 8.10. The Kier molecular flexibility index (Phi) is 25.3. The van der Waals surface area contributed by atoms with Crippen molar-refractivity contribution in [1.82, 2.24) is 0 Å². The van der Waals surface area contributed by atoms with Crippen molar-refractivity contribution in [3.8, 4) is 28.7 Å². The Labute approximate surface area is 444 Å². The summed E-state index contributed by atoms with van der Waals surface area (Å²) in [7, 11) is 0. The Morgan fingerprint density at radius 1 is 0.307 bits per heavy atom. The Morgan fingerprint density at radius 2 is 0.600 bits per heavy atom. The number of ether oxygens (including phenoxy) is 5. The molecule has 0 aliphatic carbocycles. The minimum Gasteiger partial charge on any atom is -0.494 e. The summed E-state index contributed by atoms with van der Waals surface area (Å²) >= 11 is 0. The van der Waals surface area contributed by atoms with Crippen LogP contribution in [0, 0.1) is 0 Å². The molecule has 0 spiro atoms. The van der Waals surface area contributed by atoms with Gasteiger partial charge in [0, 0.05) is 6.07 Å². The molecule has 0 unspecified atom stereocenters. The van der Waals surface area contributed by atoms with E-state index >= 15 is 0 Å². The van der Waals surface area contributed by atoms with Crippen molar-refractivity contribution in [3.63, 3.8) is 0 Å². The van der Waals surface area contributed by atoms with Crippen molar-refractivity contribution in [2.45, 2.75) is 142 Å². The molecule has 0 atom stereocenters. The lowest BCUT2D eigenvalue weighted by Gasteiger charge is -2.08. The standard InChI is InChI=1S/C63H74N4O8/c1-3-5-7-9-11-13-15-17-19-21-46-71-56-38-28-50(29-39-56)62(69)73-58-40-30-51(31-41-58)63(70)75-60-25-23-24-55(48-60)67-66-54-36-44-59(45-37-54)74-61(68)49-26-32-52(33-27-49)64-65-53-34-42-57(43-35-53)72-47-22-20-18-16-14-12-10-8-6-4-2/h23-45,48H,3-22,46-47H2,1-2H3. The SMILES string of the molecule is CCCCCCCCCCCCOc1ccc(N=Nc2ccc(C(=O)Oc3ccc(N=Nc4cccc(OC(=O)c5ccc(OC(=O)c6ccc(OCCCCCCCCCCCC)cc6)cc5)c4)cc3)cc2)cc1. The number of esters is 3. The first-order valence-electron chi connectivity index (χ1n) is 27.2. The molecule has 0 saturated carbocycles. The number of azo groups is 2. The maximum Gasteiger partial charge on any atom is 0.343 e. The average molecular weight is 1020 g/mol. The zero-order chi connectivity index (χ0) is 52.6. The van der Waals surface area contributed by atoms with Gasteiger partial charge in [-0.1, -0.05) is 135 Å². The maximum absolute atomic E-state index is 13.0. The van der Waals surface area contributed by atoms with Crippen LogP contribution in [0.1, 0.15) is 173 Å². The number of rotatable bonds is 34. The van der Waals surface area contributed by atoms with Crippen LogP contribution in [0.2, 0.25) is 0 Å². The highest BCUT2D eigenvalue weighted by Crippen LogP contribution is 2.27. The highest BCUT2D eigenvalue weighted by molar-refractivity contribution is 5.93. The lowest BCUT2D eigenvalue weighted by molar-refractivity contribution is 0.0723. The summed E-state index contributed by atoms with van der Waals surface area (Å²) in [6.07, 6.45) is 25.6. The normalized spacial score (nSPS) is 11.2. The van der Waals surface area contributed by atoms with E-state index in [1.165, 1.54) is 133 Å². The van der Waals surface area contributed by atoms with Gasteiger partial charge in [0.25, 0.3) is 0 Å². The average Bonchev–Trinajstić information content (AvgIpc) is 3.44. The van der Waals surface area contributed by atoms with Crippen LogP contribution in [0.4, 0.5) is 22.7 Å². The van der Waals surface area contributed by atoms with E-state index in [1.54, 1.807) is 97.1 Å². The zero-order valence-electron chi connectivity index (χ0n) is 44.0. The van der Waals surface area contributed by atoms with Gasteiger partial charge in [-0.15, -0.1) is 0 Å². The van der Waals surface area contributed by atoms with Gasteiger partial charge in [-0.25, -0.2) is 14.4 Å². The monoisotopic (exact) mass is 1010 g/mol. The Bertz CT molecular complexity index is 2650. The van der Waals surface area contributed by atoms with Crippen LogP contribution in [0.25, 0.3) is 0 Å². The quantitative estimate of drug-likeness (QED) is 0.0168. The van der Waals surface area contributed by atoms with Crippen LogP contribution in [-0.2, 0) is 0 Å². The molecule has 0 fully saturated rings. The van der Waals surface area contributed by atoms with Crippen LogP contribution in [0.15, 0.2) is 166 Å². The Hall–Kier alpha value is -7.47. The zero-order valence-corrected chi connectivity index (χ0v) is 44.0. The van der Waals surface area contributed by atoms with Gasteiger partial charge in [0.15, 0.2) is 0 Å². The van der Waals surface area contributed by atoms with E-state index < -0.39 is 17.9 Å². The molecule has 0 N–H and O–H groups in total. The van der Waals surface area contributed by atoms with E-state index in [9.17, 15) is 14.4 Å². The third-order valence-electron chi connectivity index (χ3n) is 12.5. The second kappa shape index (κ2) is 33.4. The minimum absolute atomic E-state index is 0.267. The molecule has 12 nitrogen and oxygen atoms in total. The number of nitrogens with zero attached hydrogens (tertiary/aromatic N) is 4. The third kappa shape index (κ3) is 21.9. The predicted molar refractivity (Wildman–Crippen MR) is 297 cm³/mol. The van der Waals surface area contributed by atoms with Gasteiger partial charge >= 0.3 is 17.9 Å². The molecule has 0 saturated heterocycles. The molecule has 0 aromatic heterocycles. The van der Waals surface area contributed by atoms with E-state index in [1.807, 2.05) is 24.3 Å². The lowest BCUT2D eigenvalue weighted by atomic mass is 10.1. The van der Waals surface area contributed by atoms with E-state index in [-0.39, 0.29) is 17.1 Å². The Balaban J connectivity index is 0.860. The number of unbranched alkanes of at least 4 members (excludes halogenated alkanes) is 18.